The molecule has 1 fully saturated rings. The summed E-state index contributed by atoms with van der Waals surface area (Å²) in [7, 11) is 0. The van der Waals surface area contributed by atoms with Crippen molar-refractivity contribution in [2.24, 2.45) is 0 Å². The van der Waals surface area contributed by atoms with Gasteiger partial charge in [0.25, 0.3) is 5.91 Å². The highest BCUT2D eigenvalue weighted by Gasteiger charge is 2.26. The van der Waals surface area contributed by atoms with Gasteiger partial charge in [-0.1, -0.05) is 31.0 Å². The normalized spacial score (nSPS) is 22.5. The van der Waals surface area contributed by atoms with E-state index in [1.165, 1.54) is 5.56 Å². The number of para-hydroxylation sites is 1. The minimum absolute atomic E-state index is 0.0123. The minimum atomic E-state index is -0.321. The summed E-state index contributed by atoms with van der Waals surface area (Å²) in [5.41, 5.74) is 2.81. The van der Waals surface area contributed by atoms with Gasteiger partial charge in [-0.05, 0) is 43.0 Å². The number of hydrogen-bond donors (Lipinski definition) is 2. The monoisotopic (exact) mass is 337 g/mol. The summed E-state index contributed by atoms with van der Waals surface area (Å²) in [6, 6.07) is 11.7. The molecular weight excluding hydrogens is 314 g/mol. The predicted molar refractivity (Wildman–Crippen MR) is 97.9 cm³/mol. The number of rotatable bonds is 3. The minimum Gasteiger partial charge on any atom is -0.391 e. The van der Waals surface area contributed by atoms with Gasteiger partial charge in [-0.2, -0.15) is 0 Å². The van der Waals surface area contributed by atoms with E-state index in [1.54, 1.807) is 6.20 Å². The van der Waals surface area contributed by atoms with Gasteiger partial charge < -0.3 is 15.3 Å². The molecule has 1 aromatic carbocycles. The van der Waals surface area contributed by atoms with Crippen molar-refractivity contribution in [3.8, 4) is 0 Å². The Hall–Kier alpha value is -2.40. The highest BCUT2D eigenvalue weighted by atomic mass is 16.3. The molecule has 0 radical (unpaired) electrons. The van der Waals surface area contributed by atoms with Crippen molar-refractivity contribution in [1.82, 2.24) is 4.98 Å². The molecule has 5 nitrogen and oxygen atoms in total. The number of aliphatic hydroxyl groups excluding tert-OH is 1. The van der Waals surface area contributed by atoms with E-state index >= 15 is 0 Å². The molecule has 1 aromatic heterocycles. The zero-order valence-electron chi connectivity index (χ0n) is 14.2. The number of benzene rings is 1. The average molecular weight is 337 g/mol. The molecule has 0 saturated heterocycles. The number of fused-ring (bicyclic) bond motifs is 1. The third-order valence-electron chi connectivity index (χ3n) is 5.21. The lowest BCUT2D eigenvalue weighted by atomic mass is 9.92. The molecule has 1 aliphatic carbocycles. The van der Waals surface area contributed by atoms with E-state index in [4.69, 9.17) is 0 Å². The molecule has 4 rings (SSSR count). The van der Waals surface area contributed by atoms with Gasteiger partial charge >= 0.3 is 0 Å². The molecule has 5 heteroatoms. The van der Waals surface area contributed by atoms with Crippen molar-refractivity contribution in [2.45, 2.75) is 44.2 Å². The molecule has 1 amide bonds. The molecule has 25 heavy (non-hydrogen) atoms. The highest BCUT2D eigenvalue weighted by Crippen LogP contribution is 2.29. The number of nitrogens with zero attached hydrogens (tertiary/aromatic N) is 2. The predicted octanol–water partition coefficient (Wildman–Crippen LogP) is 3.00. The van der Waals surface area contributed by atoms with Crippen LogP contribution >= 0.6 is 0 Å². The molecule has 0 unspecified atom stereocenters. The first-order valence-corrected chi connectivity index (χ1v) is 9.03. The number of carbonyl (C=O) groups is 1. The number of aromatic nitrogens is 1. The fourth-order valence-corrected chi connectivity index (χ4v) is 3.78. The zero-order valence-corrected chi connectivity index (χ0v) is 14.2. The second-order valence-corrected chi connectivity index (χ2v) is 6.87. The van der Waals surface area contributed by atoms with Crippen LogP contribution in [-0.4, -0.2) is 34.7 Å². The van der Waals surface area contributed by atoms with Crippen molar-refractivity contribution >= 4 is 17.4 Å². The Bertz CT molecular complexity index is 760. The molecule has 2 atom stereocenters. The summed E-state index contributed by atoms with van der Waals surface area (Å²) in [6.07, 6.45) is 6.20. The molecule has 0 spiro atoms. The number of hydrogen-bond acceptors (Lipinski definition) is 4. The number of pyridine rings is 1. The van der Waals surface area contributed by atoms with E-state index < -0.39 is 0 Å². The van der Waals surface area contributed by atoms with Gasteiger partial charge in [0.15, 0.2) is 0 Å². The Balaban J connectivity index is 1.46. The fraction of sp³-hybridized carbons (Fsp3) is 0.400. The van der Waals surface area contributed by atoms with Crippen LogP contribution in [0.3, 0.4) is 0 Å². The number of carbonyl (C=O) groups excluding carboxylic acids is 1. The number of amides is 1. The first-order chi connectivity index (χ1) is 12.2. The first-order valence-electron chi connectivity index (χ1n) is 9.03. The van der Waals surface area contributed by atoms with Gasteiger partial charge in [0.1, 0.15) is 5.82 Å². The topological polar surface area (TPSA) is 65.5 Å². The maximum absolute atomic E-state index is 12.8. The summed E-state index contributed by atoms with van der Waals surface area (Å²) in [5.74, 6) is 0.700. The largest absolute Gasteiger partial charge is 0.391 e. The smallest absolute Gasteiger partial charge is 0.259 e. The summed E-state index contributed by atoms with van der Waals surface area (Å²) >= 11 is 0. The highest BCUT2D eigenvalue weighted by molar-refractivity contribution is 6.07. The summed E-state index contributed by atoms with van der Waals surface area (Å²) in [6.45, 7) is 0.715. The van der Waals surface area contributed by atoms with Crippen LogP contribution in [0.4, 0.5) is 11.5 Å². The van der Waals surface area contributed by atoms with E-state index in [2.05, 4.69) is 16.4 Å². The third-order valence-corrected chi connectivity index (χ3v) is 5.21. The number of nitrogens with one attached hydrogen (secondary N) is 1. The first kappa shape index (κ1) is 16.1. The van der Waals surface area contributed by atoms with Crippen LogP contribution in [0.2, 0.25) is 0 Å². The Kier molecular flexibility index (Phi) is 4.40. The van der Waals surface area contributed by atoms with Crippen molar-refractivity contribution in [1.29, 1.82) is 0 Å². The molecule has 0 bridgehead atoms. The van der Waals surface area contributed by atoms with Gasteiger partial charge in [0.2, 0.25) is 0 Å². The van der Waals surface area contributed by atoms with Crippen LogP contribution in [0.15, 0.2) is 42.6 Å². The maximum Gasteiger partial charge on any atom is 0.259 e. The Morgan fingerprint density at radius 2 is 2.00 bits per heavy atom. The zero-order chi connectivity index (χ0) is 17.2. The van der Waals surface area contributed by atoms with Crippen LogP contribution < -0.4 is 10.2 Å². The van der Waals surface area contributed by atoms with E-state index in [9.17, 15) is 9.90 Å². The quantitative estimate of drug-likeness (QED) is 0.904. The molecule has 2 N–H and O–H groups in total. The van der Waals surface area contributed by atoms with E-state index in [0.717, 1.165) is 37.8 Å². The maximum atomic E-state index is 12.8. The molecule has 2 heterocycles. The molecule has 2 aromatic rings. The van der Waals surface area contributed by atoms with Crippen LogP contribution in [-0.2, 0) is 6.42 Å². The summed E-state index contributed by atoms with van der Waals surface area (Å²) in [4.78, 5) is 19.0. The lowest BCUT2D eigenvalue weighted by Crippen LogP contribution is -2.36. The summed E-state index contributed by atoms with van der Waals surface area (Å²) < 4.78 is 0. The lowest BCUT2D eigenvalue weighted by molar-refractivity contribution is 0.0989. The van der Waals surface area contributed by atoms with Crippen molar-refractivity contribution in [2.75, 3.05) is 16.8 Å². The second kappa shape index (κ2) is 6.84. The molecule has 2 aliphatic rings. The van der Waals surface area contributed by atoms with Crippen LogP contribution in [0.25, 0.3) is 0 Å². The molecule has 1 aliphatic heterocycles. The SMILES string of the molecule is O=C(c1ccc(N[C@H]2CCCC[C@@H]2O)nc1)N1CCc2ccccc21. The molecular formula is C20H23N3O2. The molecule has 1 saturated carbocycles. The number of aliphatic hydroxyl groups is 1. The second-order valence-electron chi connectivity index (χ2n) is 6.87. The van der Waals surface area contributed by atoms with Gasteiger partial charge in [0.05, 0.1) is 17.7 Å². The van der Waals surface area contributed by atoms with Gasteiger partial charge in [-0.25, -0.2) is 4.98 Å². The van der Waals surface area contributed by atoms with E-state index in [-0.39, 0.29) is 18.1 Å². The van der Waals surface area contributed by atoms with Crippen molar-refractivity contribution in [3.05, 3.63) is 53.7 Å². The standard InChI is InChI=1S/C20H23N3O2/c24-18-8-4-2-6-16(18)22-19-10-9-15(13-21-19)20(25)23-12-11-14-5-1-3-7-17(14)23/h1,3,5,7,9-10,13,16,18,24H,2,4,6,8,11-12H2,(H,21,22)/t16-,18-/m0/s1. The number of anilines is 2. The fourth-order valence-electron chi connectivity index (χ4n) is 3.78. The van der Waals surface area contributed by atoms with Crippen molar-refractivity contribution < 1.29 is 9.90 Å². The summed E-state index contributed by atoms with van der Waals surface area (Å²) in [5, 5.41) is 13.4. The van der Waals surface area contributed by atoms with Gasteiger partial charge in [-0.3, -0.25) is 4.79 Å². The Labute approximate surface area is 147 Å². The van der Waals surface area contributed by atoms with Crippen LogP contribution in [0, 0.1) is 0 Å². The van der Waals surface area contributed by atoms with Crippen molar-refractivity contribution in [3.63, 3.8) is 0 Å². The lowest BCUT2D eigenvalue weighted by Gasteiger charge is -2.28. The van der Waals surface area contributed by atoms with Gasteiger partial charge in [0, 0.05) is 18.4 Å². The third kappa shape index (κ3) is 3.24. The van der Waals surface area contributed by atoms with E-state index in [0.29, 0.717) is 17.9 Å². The van der Waals surface area contributed by atoms with Crippen LogP contribution in [0.1, 0.15) is 41.6 Å². The van der Waals surface area contributed by atoms with Crippen LogP contribution in [0.5, 0.6) is 0 Å². The molecule has 130 valence electrons. The Morgan fingerprint density at radius 3 is 2.80 bits per heavy atom. The Morgan fingerprint density at radius 1 is 1.16 bits per heavy atom. The average Bonchev–Trinajstić information content (AvgIpc) is 3.08. The van der Waals surface area contributed by atoms with E-state index in [1.807, 2.05) is 35.2 Å². The van der Waals surface area contributed by atoms with Gasteiger partial charge in [-0.15, -0.1) is 0 Å².